The molecule has 2 rings (SSSR count). The van der Waals surface area contributed by atoms with Crippen LogP contribution in [0.15, 0.2) is 0 Å². The summed E-state index contributed by atoms with van der Waals surface area (Å²) in [5, 5.41) is 0. The smallest absolute Gasteiger partial charge is 0.373 e. The molecule has 0 aromatic heterocycles. The van der Waals surface area contributed by atoms with E-state index in [0.29, 0.717) is 0 Å². The van der Waals surface area contributed by atoms with E-state index >= 15 is 0 Å². The Labute approximate surface area is 98.5 Å². The lowest BCUT2D eigenvalue weighted by Gasteiger charge is -2.39. The van der Waals surface area contributed by atoms with Gasteiger partial charge in [-0.05, 0) is 0 Å². The zero-order chi connectivity index (χ0) is 12.5. The van der Waals surface area contributed by atoms with Crippen LogP contribution < -0.4 is 9.79 Å². The van der Waals surface area contributed by atoms with Crippen molar-refractivity contribution in [3.05, 3.63) is 0 Å². The molecular formula is C7H10O8P2. The highest BCUT2D eigenvalue weighted by Crippen LogP contribution is 2.37. The van der Waals surface area contributed by atoms with E-state index in [2.05, 4.69) is 0 Å². The fraction of sp³-hybridized carbons (Fsp3) is 1.00. The Bertz CT molecular complexity index is 282. The Morgan fingerprint density at radius 1 is 0.824 bits per heavy atom. The number of ether oxygens (including phenoxy) is 4. The predicted molar refractivity (Wildman–Crippen MR) is 49.0 cm³/mol. The maximum absolute atomic E-state index is 10.6. The summed E-state index contributed by atoms with van der Waals surface area (Å²) in [6.45, 7) is 0.347. The van der Waals surface area contributed by atoms with Gasteiger partial charge in [-0.2, -0.15) is 0 Å². The zero-order valence-corrected chi connectivity index (χ0v) is 10.4. The molecule has 0 aromatic carbocycles. The molecule has 2 fully saturated rings. The predicted octanol–water partition coefficient (Wildman–Crippen LogP) is -1.16. The van der Waals surface area contributed by atoms with Gasteiger partial charge in [0.1, 0.15) is 0 Å². The fourth-order valence-electron chi connectivity index (χ4n) is 1.58. The molecule has 1 spiro atoms. The molecule has 2 unspecified atom stereocenters. The van der Waals surface area contributed by atoms with E-state index in [0.717, 1.165) is 0 Å². The standard InChI is InChI=1S/C7H10O8P2/c8-16(9)5-12-1-7(2-13-5)3-14-6(15-4-7)17(10)11/h5-6H,1-4H2. The molecule has 0 radical (unpaired) electrons. The van der Waals surface area contributed by atoms with Crippen LogP contribution in [0.5, 0.6) is 0 Å². The van der Waals surface area contributed by atoms with Crippen molar-refractivity contribution in [3.63, 3.8) is 0 Å². The number of hydrogen-bond acceptors (Lipinski definition) is 8. The van der Waals surface area contributed by atoms with Gasteiger partial charge in [0.05, 0.1) is 31.8 Å². The molecule has 0 aliphatic carbocycles. The van der Waals surface area contributed by atoms with Crippen LogP contribution in [0.25, 0.3) is 0 Å². The fourth-order valence-corrected chi connectivity index (χ4v) is 2.37. The lowest BCUT2D eigenvalue weighted by Crippen LogP contribution is -2.51. The minimum Gasteiger partial charge on any atom is -0.591 e. The Kier molecular flexibility index (Phi) is 4.18. The van der Waals surface area contributed by atoms with Crippen molar-refractivity contribution in [2.45, 2.75) is 12.1 Å². The van der Waals surface area contributed by atoms with E-state index in [9.17, 15) is 18.9 Å². The first-order valence-electron chi connectivity index (χ1n) is 4.76. The molecule has 2 saturated heterocycles. The highest BCUT2D eigenvalue weighted by atomic mass is 31.1. The normalized spacial score (nSPS) is 40.1. The van der Waals surface area contributed by atoms with Crippen LogP contribution in [0.4, 0.5) is 0 Å². The molecule has 0 N–H and O–H groups in total. The van der Waals surface area contributed by atoms with Crippen LogP contribution >= 0.6 is 16.1 Å². The molecule has 17 heavy (non-hydrogen) atoms. The third-order valence-electron chi connectivity index (χ3n) is 2.47. The Morgan fingerprint density at radius 3 is 1.35 bits per heavy atom. The monoisotopic (exact) mass is 284 g/mol. The van der Waals surface area contributed by atoms with Crippen LogP contribution in [0, 0.1) is 5.41 Å². The van der Waals surface area contributed by atoms with E-state index in [1.165, 1.54) is 0 Å². The van der Waals surface area contributed by atoms with Gasteiger partial charge in [-0.3, -0.25) is 0 Å². The maximum atomic E-state index is 10.6. The van der Waals surface area contributed by atoms with E-state index < -0.39 is 33.5 Å². The van der Waals surface area contributed by atoms with Gasteiger partial charge in [0.15, 0.2) is 0 Å². The van der Waals surface area contributed by atoms with Gasteiger partial charge < -0.3 is 28.7 Å². The topological polar surface area (TPSA) is 117 Å². The highest BCUT2D eigenvalue weighted by molar-refractivity contribution is 7.37. The van der Waals surface area contributed by atoms with Crippen LogP contribution in [-0.4, -0.2) is 38.5 Å². The third kappa shape index (κ3) is 3.05. The van der Waals surface area contributed by atoms with Gasteiger partial charge >= 0.3 is 28.1 Å². The van der Waals surface area contributed by atoms with Crippen LogP contribution in [0.1, 0.15) is 0 Å². The summed E-state index contributed by atoms with van der Waals surface area (Å²) in [4.78, 5) is 21.2. The van der Waals surface area contributed by atoms with Crippen LogP contribution in [0.2, 0.25) is 0 Å². The van der Waals surface area contributed by atoms with Gasteiger partial charge in [0, 0.05) is 0 Å². The summed E-state index contributed by atoms with van der Waals surface area (Å²) in [5.74, 6) is 0. The summed E-state index contributed by atoms with van der Waals surface area (Å²) in [6.07, 6.45) is 0. The molecule has 0 amide bonds. The van der Waals surface area contributed by atoms with Crippen molar-refractivity contribution < 1.29 is 37.9 Å². The lowest BCUT2D eigenvalue weighted by molar-refractivity contribution is -0.288. The minimum absolute atomic E-state index is 0.0866. The van der Waals surface area contributed by atoms with E-state index in [1.807, 2.05) is 0 Å². The summed E-state index contributed by atoms with van der Waals surface area (Å²) in [6, 6.07) is -2.49. The largest absolute Gasteiger partial charge is 0.591 e. The average molecular weight is 284 g/mol. The molecule has 0 aromatic rings. The van der Waals surface area contributed by atoms with E-state index in [4.69, 9.17) is 18.9 Å². The highest BCUT2D eigenvalue weighted by Gasteiger charge is 2.47. The number of rotatable bonds is 2. The maximum Gasteiger partial charge on any atom is 0.373 e. The first-order valence-corrected chi connectivity index (χ1v) is 7.25. The third-order valence-corrected chi connectivity index (χ3v) is 3.76. The Balaban J connectivity index is 1.88. The molecule has 2 aliphatic rings. The molecule has 96 valence electrons. The molecule has 2 aliphatic heterocycles. The Hall–Kier alpha value is -0.0400. The van der Waals surface area contributed by atoms with Crippen molar-refractivity contribution in [1.29, 1.82) is 0 Å². The quantitative estimate of drug-likeness (QED) is 0.583. The van der Waals surface area contributed by atoms with Crippen molar-refractivity contribution in [3.8, 4) is 0 Å². The summed E-state index contributed by atoms with van der Waals surface area (Å²) < 4.78 is 41.2. The molecule has 0 saturated carbocycles. The van der Waals surface area contributed by atoms with Crippen molar-refractivity contribution >= 4 is 16.1 Å². The Morgan fingerprint density at radius 2 is 1.12 bits per heavy atom. The zero-order valence-electron chi connectivity index (χ0n) is 8.64. The average Bonchev–Trinajstić information content (AvgIpc) is 2.30. The van der Waals surface area contributed by atoms with Crippen LogP contribution in [0.3, 0.4) is 0 Å². The van der Waals surface area contributed by atoms with Gasteiger partial charge in [0.25, 0.3) is 0 Å². The second-order valence-electron chi connectivity index (χ2n) is 3.93. The molecule has 2 atom stereocenters. The van der Waals surface area contributed by atoms with Crippen molar-refractivity contribution in [1.82, 2.24) is 0 Å². The molecule has 0 bridgehead atoms. The van der Waals surface area contributed by atoms with Crippen molar-refractivity contribution in [2.24, 2.45) is 5.41 Å². The summed E-state index contributed by atoms with van der Waals surface area (Å²) >= 11 is 0. The molecular weight excluding hydrogens is 274 g/mol. The SMILES string of the molecule is O=[P+]([O-])C1OCC2(CO1)COC([P+](=O)[O-])OC2. The van der Waals surface area contributed by atoms with Gasteiger partial charge in [0.2, 0.25) is 0 Å². The first-order chi connectivity index (χ1) is 8.02. The van der Waals surface area contributed by atoms with Gasteiger partial charge in [-0.1, -0.05) is 9.13 Å². The lowest BCUT2D eigenvalue weighted by atomic mass is 9.91. The van der Waals surface area contributed by atoms with E-state index in [-0.39, 0.29) is 26.4 Å². The summed E-state index contributed by atoms with van der Waals surface area (Å²) in [7, 11) is -5.60. The van der Waals surface area contributed by atoms with E-state index in [1.54, 1.807) is 0 Å². The molecule has 2 heterocycles. The second-order valence-corrected chi connectivity index (χ2v) is 5.91. The first kappa shape index (κ1) is 13.4. The van der Waals surface area contributed by atoms with Crippen LogP contribution in [-0.2, 0) is 28.1 Å². The van der Waals surface area contributed by atoms with Gasteiger partial charge in [-0.25, -0.2) is 0 Å². The van der Waals surface area contributed by atoms with Gasteiger partial charge in [-0.15, -0.1) is 0 Å². The number of hydrogen-bond donors (Lipinski definition) is 0. The second kappa shape index (κ2) is 5.30. The minimum atomic E-state index is -2.80. The summed E-state index contributed by atoms with van der Waals surface area (Å²) in [5.41, 5.74) is -0.635. The van der Waals surface area contributed by atoms with Crippen molar-refractivity contribution in [2.75, 3.05) is 26.4 Å². The molecule has 8 nitrogen and oxygen atoms in total. The molecule has 10 heteroatoms.